The summed E-state index contributed by atoms with van der Waals surface area (Å²) in [5.74, 6) is 0.444. The Morgan fingerprint density at radius 3 is 2.71 bits per heavy atom. The highest BCUT2D eigenvalue weighted by Gasteiger charge is 2.37. The quantitative estimate of drug-likeness (QED) is 0.734. The topological polar surface area (TPSA) is 63.7 Å². The van der Waals surface area contributed by atoms with Crippen molar-refractivity contribution < 1.29 is 27.4 Å². The summed E-state index contributed by atoms with van der Waals surface area (Å²) >= 11 is 0. The Kier molecular flexibility index (Phi) is 6.92. The number of methoxy groups -OCH3 is 2. The lowest BCUT2D eigenvalue weighted by atomic mass is 9.95. The first-order valence-electron chi connectivity index (χ1n) is 10.0. The zero-order chi connectivity index (χ0) is 22.6. The van der Waals surface area contributed by atoms with E-state index >= 15 is 0 Å². The largest absolute Gasteiger partial charge is 0.497 e. The number of halogens is 3. The number of nitrogens with zero attached hydrogens (tertiary/aromatic N) is 2. The van der Waals surface area contributed by atoms with Gasteiger partial charge in [0.1, 0.15) is 17.3 Å². The van der Waals surface area contributed by atoms with Crippen LogP contribution in [0.25, 0.3) is 0 Å². The Morgan fingerprint density at radius 1 is 1.26 bits per heavy atom. The van der Waals surface area contributed by atoms with Gasteiger partial charge in [-0.2, -0.15) is 13.2 Å². The fourth-order valence-corrected chi connectivity index (χ4v) is 3.84. The van der Waals surface area contributed by atoms with Crippen LogP contribution in [0.4, 0.5) is 19.0 Å². The van der Waals surface area contributed by atoms with Crippen molar-refractivity contribution in [1.82, 2.24) is 10.3 Å². The first kappa shape index (κ1) is 22.7. The fraction of sp³-hybridized carbons (Fsp3) is 0.455. The van der Waals surface area contributed by atoms with Crippen molar-refractivity contribution in [1.29, 1.82) is 0 Å². The van der Waals surface area contributed by atoms with Crippen LogP contribution in [-0.4, -0.2) is 38.2 Å². The van der Waals surface area contributed by atoms with Crippen molar-refractivity contribution in [3.8, 4) is 11.5 Å². The molecule has 0 aliphatic carbocycles. The van der Waals surface area contributed by atoms with Crippen LogP contribution in [0.5, 0.6) is 11.5 Å². The van der Waals surface area contributed by atoms with Gasteiger partial charge in [0.15, 0.2) is 0 Å². The molecular weight excluding hydrogens is 411 g/mol. The first-order valence-corrected chi connectivity index (χ1v) is 10.0. The lowest BCUT2D eigenvalue weighted by molar-refractivity contribution is -0.137. The number of rotatable bonds is 6. The summed E-state index contributed by atoms with van der Waals surface area (Å²) < 4.78 is 50.7. The molecule has 1 fully saturated rings. The van der Waals surface area contributed by atoms with Crippen LogP contribution in [0.3, 0.4) is 0 Å². The van der Waals surface area contributed by atoms with Crippen LogP contribution < -0.4 is 19.7 Å². The molecular formula is C22H26F3N3O3. The van der Waals surface area contributed by atoms with Gasteiger partial charge in [-0.3, -0.25) is 4.79 Å². The third-order valence-corrected chi connectivity index (χ3v) is 5.45. The molecule has 2 aromatic rings. The molecule has 1 aliphatic rings. The Morgan fingerprint density at radius 2 is 2.03 bits per heavy atom. The Labute approximate surface area is 179 Å². The number of anilines is 1. The monoisotopic (exact) mass is 437 g/mol. The number of nitrogens with one attached hydrogen (secondary N) is 1. The summed E-state index contributed by atoms with van der Waals surface area (Å²) in [5.41, 5.74) is 0.000736. The van der Waals surface area contributed by atoms with Gasteiger partial charge in [-0.15, -0.1) is 0 Å². The molecule has 1 amide bonds. The summed E-state index contributed by atoms with van der Waals surface area (Å²) in [5, 5.41) is 2.97. The Bertz CT molecular complexity index is 920. The van der Waals surface area contributed by atoms with Crippen molar-refractivity contribution in [2.45, 2.75) is 32.0 Å². The molecule has 0 bridgehead atoms. The molecule has 1 N–H and O–H groups in total. The van der Waals surface area contributed by atoms with Crippen molar-refractivity contribution >= 4 is 11.7 Å². The van der Waals surface area contributed by atoms with Gasteiger partial charge in [0.2, 0.25) is 5.91 Å². The molecule has 1 aromatic heterocycles. The zero-order valence-corrected chi connectivity index (χ0v) is 17.7. The van der Waals surface area contributed by atoms with Crippen LogP contribution >= 0.6 is 0 Å². The fourth-order valence-electron chi connectivity index (χ4n) is 3.84. The van der Waals surface area contributed by atoms with Crippen molar-refractivity contribution in [3.63, 3.8) is 0 Å². The van der Waals surface area contributed by atoms with Crippen LogP contribution in [0.2, 0.25) is 0 Å². The van der Waals surface area contributed by atoms with Crippen LogP contribution in [0, 0.1) is 5.92 Å². The molecule has 168 valence electrons. The average molecular weight is 437 g/mol. The number of aromatic nitrogens is 1. The van der Waals surface area contributed by atoms with Gasteiger partial charge in [-0.1, -0.05) is 0 Å². The summed E-state index contributed by atoms with van der Waals surface area (Å²) in [6, 6.07) is 7.28. The van der Waals surface area contributed by atoms with E-state index in [-0.39, 0.29) is 24.3 Å². The number of benzene rings is 1. The molecule has 2 heterocycles. The van der Waals surface area contributed by atoms with Gasteiger partial charge in [0.05, 0.1) is 31.7 Å². The summed E-state index contributed by atoms with van der Waals surface area (Å²) in [6.07, 6.45) is -1.96. The average Bonchev–Trinajstić information content (AvgIpc) is 2.78. The van der Waals surface area contributed by atoms with E-state index in [1.165, 1.54) is 19.4 Å². The van der Waals surface area contributed by atoms with Gasteiger partial charge in [0, 0.05) is 30.9 Å². The number of carbonyl (C=O) groups is 1. The molecule has 6 nitrogen and oxygen atoms in total. The van der Waals surface area contributed by atoms with E-state index in [9.17, 15) is 18.0 Å². The minimum absolute atomic E-state index is 0.127. The summed E-state index contributed by atoms with van der Waals surface area (Å²) in [4.78, 5) is 18.4. The number of carbonyl (C=O) groups excluding carboxylic acids is 1. The molecule has 3 rings (SSSR count). The third-order valence-electron chi connectivity index (χ3n) is 5.45. The number of alkyl halides is 3. The summed E-state index contributed by atoms with van der Waals surface area (Å²) in [7, 11) is 3.09. The lowest BCUT2D eigenvalue weighted by Crippen LogP contribution is -2.44. The van der Waals surface area contributed by atoms with E-state index < -0.39 is 17.7 Å². The molecule has 9 heteroatoms. The molecule has 1 saturated heterocycles. The number of pyridine rings is 1. The zero-order valence-electron chi connectivity index (χ0n) is 17.7. The lowest BCUT2D eigenvalue weighted by Gasteiger charge is -2.34. The maximum Gasteiger partial charge on any atom is 0.419 e. The maximum atomic E-state index is 13.4. The Hall–Kier alpha value is -2.97. The maximum absolute atomic E-state index is 13.4. The van der Waals surface area contributed by atoms with E-state index in [1.54, 1.807) is 24.1 Å². The van der Waals surface area contributed by atoms with Gasteiger partial charge in [-0.05, 0) is 44.0 Å². The minimum atomic E-state index is -4.50. The van der Waals surface area contributed by atoms with Crippen molar-refractivity contribution in [2.75, 3.05) is 32.2 Å². The van der Waals surface area contributed by atoms with E-state index in [0.717, 1.165) is 11.6 Å². The third kappa shape index (κ3) is 5.21. The number of amides is 1. The molecule has 2 unspecified atom stereocenters. The van der Waals surface area contributed by atoms with E-state index in [1.807, 2.05) is 13.0 Å². The molecule has 1 aromatic carbocycles. The molecule has 0 spiro atoms. The van der Waals surface area contributed by atoms with Crippen molar-refractivity contribution in [2.24, 2.45) is 5.92 Å². The highest BCUT2D eigenvalue weighted by molar-refractivity contribution is 5.80. The van der Waals surface area contributed by atoms with E-state index in [4.69, 9.17) is 9.47 Å². The van der Waals surface area contributed by atoms with Crippen LogP contribution in [-0.2, 0) is 11.0 Å². The SMILES string of the molecule is COc1ccc(C(C)NC(=O)C2CCCN(c3ncccc3C(F)(F)F)C2)c(OC)c1. The predicted octanol–water partition coefficient (Wildman–Crippen LogP) is 4.21. The van der Waals surface area contributed by atoms with Crippen LogP contribution in [0.1, 0.15) is 36.9 Å². The molecule has 0 saturated carbocycles. The van der Waals surface area contributed by atoms with Crippen LogP contribution in [0.15, 0.2) is 36.5 Å². The molecule has 31 heavy (non-hydrogen) atoms. The highest BCUT2D eigenvalue weighted by atomic mass is 19.4. The number of ether oxygens (including phenoxy) is 2. The molecule has 0 radical (unpaired) electrons. The second kappa shape index (κ2) is 9.45. The number of piperidine rings is 1. The predicted molar refractivity (Wildman–Crippen MR) is 110 cm³/mol. The Balaban J connectivity index is 1.72. The standard InChI is InChI=1S/C22H26F3N3O3/c1-14(17-9-8-16(30-2)12-19(17)31-3)27-21(29)15-6-5-11-28(13-15)20-18(22(23,24)25)7-4-10-26-20/h4,7-10,12,14-15H,5-6,11,13H2,1-3H3,(H,27,29). The normalized spacial score (nSPS) is 17.7. The second-order valence-corrected chi connectivity index (χ2v) is 7.50. The van der Waals surface area contributed by atoms with E-state index in [0.29, 0.717) is 30.9 Å². The van der Waals surface area contributed by atoms with Gasteiger partial charge < -0.3 is 19.7 Å². The number of hydrogen-bond donors (Lipinski definition) is 1. The van der Waals surface area contributed by atoms with E-state index in [2.05, 4.69) is 10.3 Å². The van der Waals surface area contributed by atoms with Gasteiger partial charge in [0.25, 0.3) is 0 Å². The molecule has 2 atom stereocenters. The second-order valence-electron chi connectivity index (χ2n) is 7.50. The number of hydrogen-bond acceptors (Lipinski definition) is 5. The van der Waals surface area contributed by atoms with Gasteiger partial charge in [-0.25, -0.2) is 4.98 Å². The minimum Gasteiger partial charge on any atom is -0.497 e. The smallest absolute Gasteiger partial charge is 0.419 e. The molecule has 1 aliphatic heterocycles. The summed E-state index contributed by atoms with van der Waals surface area (Å²) in [6.45, 7) is 2.44. The first-order chi connectivity index (χ1) is 14.7. The highest BCUT2D eigenvalue weighted by Crippen LogP contribution is 2.36. The van der Waals surface area contributed by atoms with Crippen molar-refractivity contribution in [3.05, 3.63) is 47.7 Å². The van der Waals surface area contributed by atoms with Gasteiger partial charge >= 0.3 is 6.18 Å².